The summed E-state index contributed by atoms with van der Waals surface area (Å²) in [7, 11) is -4.90. The lowest BCUT2D eigenvalue weighted by Crippen LogP contribution is -2.47. The number of phosphoric acid groups is 1. The summed E-state index contributed by atoms with van der Waals surface area (Å²) in [5.41, 5.74) is 3.45. The lowest BCUT2D eigenvalue weighted by Gasteiger charge is -2.30. The van der Waals surface area contributed by atoms with Crippen LogP contribution in [-0.2, 0) is 35.2 Å². The Morgan fingerprint density at radius 2 is 1.61 bits per heavy atom. The standard InChI is InChI=1S/C41H59N6O9P/c1-2-3-4-5-6-7-8-9-10-11-12-13-14-15-16-19-24-53-26-31(46-25-30-20-17-18-21-32(30)38(46)48)27-54-57(51,52)56-36-35-41(36,50)39(49)40(28-42,55-35)34-23-22-33-37(43)44-29-45-47(33)34/h17-18,20-23,29,31,35-36,39,49-50H,2-16,19,24-27H2,1H3,(H,51,52)(H2,43,44,45)/t31-,35-,36?,39+,40+,41+/m1/s1. The molecule has 0 bridgehead atoms. The highest BCUT2D eigenvalue weighted by Crippen LogP contribution is 2.63. The molecule has 0 spiro atoms. The number of benzene rings is 1. The van der Waals surface area contributed by atoms with Crippen LogP contribution in [0.5, 0.6) is 0 Å². The fraction of sp³-hybridized carbons (Fsp3) is 0.659. The number of aliphatic hydroxyl groups excluding tert-OH is 1. The fourth-order valence-electron chi connectivity index (χ4n) is 8.23. The average molecular weight is 811 g/mol. The van der Waals surface area contributed by atoms with E-state index in [1.165, 1.54) is 100 Å². The summed E-state index contributed by atoms with van der Waals surface area (Å²) >= 11 is 0. The van der Waals surface area contributed by atoms with Crippen LogP contribution in [0.15, 0.2) is 42.7 Å². The molecule has 1 saturated carbocycles. The van der Waals surface area contributed by atoms with Crippen LogP contribution in [0.3, 0.4) is 0 Å². The molecule has 16 heteroatoms. The molecule has 57 heavy (non-hydrogen) atoms. The first-order valence-electron chi connectivity index (χ1n) is 20.8. The number of anilines is 1. The lowest BCUT2D eigenvalue weighted by atomic mass is 9.90. The second kappa shape index (κ2) is 19.5. The molecule has 1 amide bonds. The number of ether oxygens (including phenoxy) is 2. The van der Waals surface area contributed by atoms with E-state index in [0.717, 1.165) is 24.8 Å². The van der Waals surface area contributed by atoms with Crippen molar-refractivity contribution in [3.8, 4) is 6.07 Å². The number of rotatable bonds is 26. The number of carbonyl (C=O) groups is 1. The van der Waals surface area contributed by atoms with Crippen LogP contribution in [0, 0.1) is 11.3 Å². The molecule has 2 unspecified atom stereocenters. The minimum absolute atomic E-state index is 0.0698. The second-order valence-electron chi connectivity index (χ2n) is 15.7. The number of amides is 1. The predicted molar refractivity (Wildman–Crippen MR) is 212 cm³/mol. The van der Waals surface area contributed by atoms with Crippen molar-refractivity contribution in [2.45, 2.75) is 152 Å². The molecule has 15 nitrogen and oxygen atoms in total. The molecule has 6 rings (SSSR count). The van der Waals surface area contributed by atoms with E-state index in [9.17, 15) is 29.7 Å². The van der Waals surface area contributed by atoms with Gasteiger partial charge < -0.3 is 35.2 Å². The Hall–Kier alpha value is -3.45. The summed E-state index contributed by atoms with van der Waals surface area (Å²) in [4.78, 5) is 29.7. The average Bonchev–Trinajstić information content (AvgIpc) is 3.54. The number of unbranched alkanes of at least 4 members (excludes halogenated alkanes) is 15. The van der Waals surface area contributed by atoms with Gasteiger partial charge in [-0.05, 0) is 30.2 Å². The Kier molecular flexibility index (Phi) is 14.8. The molecule has 2 aliphatic heterocycles. The van der Waals surface area contributed by atoms with Crippen LogP contribution in [0.25, 0.3) is 5.52 Å². The number of aliphatic hydroxyl groups is 2. The van der Waals surface area contributed by atoms with E-state index in [2.05, 4.69) is 17.0 Å². The van der Waals surface area contributed by atoms with Crippen LogP contribution in [0.2, 0.25) is 0 Å². The van der Waals surface area contributed by atoms with Crippen LogP contribution in [0.4, 0.5) is 5.82 Å². The van der Waals surface area contributed by atoms with Crippen molar-refractivity contribution in [2.75, 3.05) is 25.6 Å². The first kappa shape index (κ1) is 43.1. The molecule has 5 N–H and O–H groups in total. The van der Waals surface area contributed by atoms with Gasteiger partial charge in [-0.25, -0.2) is 14.1 Å². The predicted octanol–water partition coefficient (Wildman–Crippen LogP) is 6.34. The van der Waals surface area contributed by atoms with Gasteiger partial charge in [0.05, 0.1) is 24.9 Å². The van der Waals surface area contributed by atoms with Gasteiger partial charge in [0.1, 0.15) is 36.2 Å². The van der Waals surface area contributed by atoms with E-state index >= 15 is 0 Å². The third-order valence-electron chi connectivity index (χ3n) is 11.7. The first-order chi connectivity index (χ1) is 27.6. The zero-order chi connectivity index (χ0) is 40.5. The number of hydrogen-bond donors (Lipinski definition) is 4. The molecule has 1 aromatic carbocycles. The van der Waals surface area contributed by atoms with Gasteiger partial charge in [-0.1, -0.05) is 121 Å². The van der Waals surface area contributed by atoms with E-state index in [-0.39, 0.29) is 30.6 Å². The van der Waals surface area contributed by atoms with Crippen LogP contribution in [0.1, 0.15) is 131 Å². The summed E-state index contributed by atoms with van der Waals surface area (Å²) in [5.74, 6) is -0.108. The number of nitrogens with two attached hydrogens (primary N) is 1. The highest BCUT2D eigenvalue weighted by molar-refractivity contribution is 7.47. The van der Waals surface area contributed by atoms with E-state index in [1.807, 2.05) is 18.2 Å². The number of fused-ring (bicyclic) bond motifs is 3. The van der Waals surface area contributed by atoms with E-state index in [0.29, 0.717) is 17.7 Å². The highest BCUT2D eigenvalue weighted by atomic mass is 31.2. The second-order valence-corrected chi connectivity index (χ2v) is 17.2. The number of phosphoric ester groups is 1. The maximum absolute atomic E-state index is 13.4. The van der Waals surface area contributed by atoms with E-state index in [4.69, 9.17) is 24.3 Å². The number of carbonyl (C=O) groups excluding carboxylic acids is 1. The van der Waals surface area contributed by atoms with Crippen LogP contribution in [-0.4, -0.2) is 90.3 Å². The summed E-state index contributed by atoms with van der Waals surface area (Å²) in [6, 6.07) is 11.5. The molecule has 2 fully saturated rings. The highest BCUT2D eigenvalue weighted by Gasteiger charge is 2.83. The third kappa shape index (κ3) is 9.72. The summed E-state index contributed by atoms with van der Waals surface area (Å²) in [6.07, 6.45) is 16.7. The number of nitriles is 1. The van der Waals surface area contributed by atoms with Gasteiger partial charge in [-0.3, -0.25) is 13.8 Å². The Balaban J connectivity index is 0.938. The van der Waals surface area contributed by atoms with E-state index < -0.39 is 50.0 Å². The molecule has 7 atom stereocenters. The smallest absolute Gasteiger partial charge is 0.385 e. The number of hydrogen-bond acceptors (Lipinski definition) is 12. The monoisotopic (exact) mass is 810 g/mol. The molecule has 2 aromatic heterocycles. The molecule has 1 aliphatic carbocycles. The molecule has 0 radical (unpaired) electrons. The van der Waals surface area contributed by atoms with Crippen molar-refractivity contribution in [2.24, 2.45) is 0 Å². The van der Waals surface area contributed by atoms with Crippen molar-refractivity contribution < 1.29 is 43.0 Å². The Morgan fingerprint density at radius 3 is 2.21 bits per heavy atom. The largest absolute Gasteiger partial charge is 0.472 e. The first-order valence-corrected chi connectivity index (χ1v) is 22.3. The maximum atomic E-state index is 13.4. The van der Waals surface area contributed by atoms with Gasteiger partial charge in [0.25, 0.3) is 5.91 Å². The normalized spacial score (nSPS) is 25.4. The lowest BCUT2D eigenvalue weighted by molar-refractivity contribution is -0.106. The molecule has 312 valence electrons. The minimum Gasteiger partial charge on any atom is -0.385 e. The quantitative estimate of drug-likeness (QED) is 0.0515. The number of aromatic nitrogens is 3. The Labute approximate surface area is 335 Å². The van der Waals surface area contributed by atoms with E-state index in [1.54, 1.807) is 23.1 Å². The topological polar surface area (TPSA) is 215 Å². The Bertz CT molecular complexity index is 1890. The van der Waals surface area contributed by atoms with Gasteiger partial charge in [0, 0.05) is 18.7 Å². The summed E-state index contributed by atoms with van der Waals surface area (Å²) in [5, 5.41) is 36.9. The van der Waals surface area contributed by atoms with Crippen molar-refractivity contribution in [1.29, 1.82) is 5.26 Å². The molecule has 4 heterocycles. The third-order valence-corrected chi connectivity index (χ3v) is 12.6. The molecular formula is C41H59N6O9P. The van der Waals surface area contributed by atoms with Crippen LogP contribution >= 0.6 is 7.82 Å². The zero-order valence-corrected chi connectivity index (χ0v) is 33.9. The zero-order valence-electron chi connectivity index (χ0n) is 33.0. The number of nitrogen functional groups attached to an aromatic ring is 1. The van der Waals surface area contributed by atoms with Crippen molar-refractivity contribution in [3.05, 3.63) is 59.5 Å². The van der Waals surface area contributed by atoms with Gasteiger partial charge in [-0.15, -0.1) is 0 Å². The van der Waals surface area contributed by atoms with Crippen LogP contribution < -0.4 is 5.73 Å². The van der Waals surface area contributed by atoms with Gasteiger partial charge in [0.2, 0.25) is 5.60 Å². The van der Waals surface area contributed by atoms with Gasteiger partial charge in [0.15, 0.2) is 11.4 Å². The van der Waals surface area contributed by atoms with Gasteiger partial charge in [-0.2, -0.15) is 10.4 Å². The van der Waals surface area contributed by atoms with Crippen molar-refractivity contribution in [3.63, 3.8) is 0 Å². The molecule has 3 aromatic rings. The van der Waals surface area contributed by atoms with Crippen molar-refractivity contribution in [1.82, 2.24) is 19.5 Å². The molecule has 3 aliphatic rings. The number of nitrogens with zero attached hydrogens (tertiary/aromatic N) is 5. The SMILES string of the molecule is CCCCCCCCCCCCCCCCCCOC[C@H](COP(=O)(O)OC1[C@H]2O[C@@](C#N)(c3ccc4c(N)ncnn34)[C@H](O)[C@@]12O)N1Cc2ccccc2C1=O. The Morgan fingerprint density at radius 1 is 0.982 bits per heavy atom. The fourth-order valence-corrected chi connectivity index (χ4v) is 9.22. The van der Waals surface area contributed by atoms with Crippen molar-refractivity contribution >= 4 is 25.1 Å². The molecular weight excluding hydrogens is 751 g/mol. The maximum Gasteiger partial charge on any atom is 0.472 e. The molecule has 1 saturated heterocycles. The summed E-state index contributed by atoms with van der Waals surface area (Å²) in [6.45, 7) is 2.69. The van der Waals surface area contributed by atoms with Gasteiger partial charge >= 0.3 is 7.82 Å². The minimum atomic E-state index is -4.90. The summed E-state index contributed by atoms with van der Waals surface area (Å²) < 4.78 is 37.2.